The smallest absolute Gasteiger partial charge is 0.417 e. The zero-order valence-corrected chi connectivity index (χ0v) is 14.9. The molecule has 2 heterocycles. The number of carbonyl (C=O) groups is 1. The predicted octanol–water partition coefficient (Wildman–Crippen LogP) is 5.73. The Morgan fingerprint density at radius 1 is 1.19 bits per heavy atom. The predicted molar refractivity (Wildman–Crippen MR) is 95.8 cm³/mol. The van der Waals surface area contributed by atoms with Crippen molar-refractivity contribution in [2.75, 3.05) is 13.1 Å². The molecular formula is C19H16ClF3N2O2. The van der Waals surface area contributed by atoms with Crippen molar-refractivity contribution in [3.63, 3.8) is 0 Å². The van der Waals surface area contributed by atoms with Crippen LogP contribution in [0.2, 0.25) is 0 Å². The minimum atomic E-state index is -4.43. The number of benzene rings is 1. The van der Waals surface area contributed by atoms with E-state index in [1.165, 1.54) is 11.6 Å². The molecule has 2 aromatic rings. The van der Waals surface area contributed by atoms with E-state index in [9.17, 15) is 18.0 Å². The van der Waals surface area contributed by atoms with Gasteiger partial charge in [-0.2, -0.15) is 13.2 Å². The number of nitrogens with zero attached hydrogens (tertiary/aromatic N) is 2. The van der Waals surface area contributed by atoms with Crippen LogP contribution >= 0.6 is 11.6 Å². The average Bonchev–Trinajstić information content (AvgIpc) is 2.62. The molecule has 0 aliphatic carbocycles. The molecule has 1 aromatic heterocycles. The zero-order chi connectivity index (χ0) is 19.4. The van der Waals surface area contributed by atoms with Crippen LogP contribution in [-0.4, -0.2) is 28.3 Å². The summed E-state index contributed by atoms with van der Waals surface area (Å²) >= 11 is 5.48. The summed E-state index contributed by atoms with van der Waals surface area (Å²) in [4.78, 5) is 16.4. The van der Waals surface area contributed by atoms with Gasteiger partial charge in [0.15, 0.2) is 0 Å². The number of hydrogen-bond acceptors (Lipinski definition) is 3. The maximum absolute atomic E-state index is 12.6. The Kier molecular flexibility index (Phi) is 5.70. The van der Waals surface area contributed by atoms with E-state index in [4.69, 9.17) is 16.3 Å². The second-order valence-corrected chi connectivity index (χ2v) is 6.42. The molecule has 1 fully saturated rings. The fourth-order valence-electron chi connectivity index (χ4n) is 2.75. The summed E-state index contributed by atoms with van der Waals surface area (Å²) in [6.07, 6.45) is -0.189. The van der Waals surface area contributed by atoms with Gasteiger partial charge < -0.3 is 9.64 Å². The molecule has 8 heteroatoms. The number of pyridine rings is 1. The summed E-state index contributed by atoms with van der Waals surface area (Å²) in [6.45, 7) is 1.17. The molecular weight excluding hydrogens is 381 g/mol. The Hall–Kier alpha value is -2.54. The van der Waals surface area contributed by atoms with Crippen molar-refractivity contribution in [2.24, 2.45) is 0 Å². The zero-order valence-electron chi connectivity index (χ0n) is 14.2. The minimum Gasteiger partial charge on any atom is -0.439 e. The molecule has 0 bridgehead atoms. The van der Waals surface area contributed by atoms with Crippen molar-refractivity contribution in [3.8, 4) is 11.6 Å². The summed E-state index contributed by atoms with van der Waals surface area (Å²) < 4.78 is 43.3. The summed E-state index contributed by atoms with van der Waals surface area (Å²) in [6, 6.07) is 9.30. The van der Waals surface area contributed by atoms with Crippen LogP contribution in [0.3, 0.4) is 0 Å². The van der Waals surface area contributed by atoms with E-state index in [0.29, 0.717) is 18.8 Å². The topological polar surface area (TPSA) is 42.4 Å². The standard InChI is InChI=1S/C19H16ClF3N2O2/c20-18(26)25-8-6-13(7-9-25)10-14-2-1-3-16(11-14)27-17-5-4-15(12-24-17)19(21,22)23/h1-5,10-12H,6-9H2. The van der Waals surface area contributed by atoms with Crippen molar-refractivity contribution in [1.82, 2.24) is 9.88 Å². The minimum absolute atomic E-state index is 0.0849. The molecule has 0 unspecified atom stereocenters. The quantitative estimate of drug-likeness (QED) is 0.491. The lowest BCUT2D eigenvalue weighted by molar-refractivity contribution is -0.137. The molecule has 0 atom stereocenters. The maximum atomic E-state index is 12.6. The van der Waals surface area contributed by atoms with E-state index >= 15 is 0 Å². The van der Waals surface area contributed by atoms with Crippen molar-refractivity contribution in [1.29, 1.82) is 0 Å². The molecule has 4 nitrogen and oxygen atoms in total. The molecule has 1 aliphatic rings. The Morgan fingerprint density at radius 2 is 1.93 bits per heavy atom. The van der Waals surface area contributed by atoms with Crippen LogP contribution in [0.1, 0.15) is 24.0 Å². The summed E-state index contributed by atoms with van der Waals surface area (Å²) in [5.74, 6) is 0.562. The van der Waals surface area contributed by atoms with Crippen molar-refractivity contribution in [2.45, 2.75) is 19.0 Å². The first kappa shape index (κ1) is 19.2. The molecule has 142 valence electrons. The third-order valence-corrected chi connectivity index (χ3v) is 4.41. The number of rotatable bonds is 3. The largest absolute Gasteiger partial charge is 0.439 e. The summed E-state index contributed by atoms with van der Waals surface area (Å²) in [7, 11) is 0. The monoisotopic (exact) mass is 396 g/mol. The molecule has 0 spiro atoms. The third-order valence-electron chi connectivity index (χ3n) is 4.17. The number of alkyl halides is 3. The van der Waals surface area contributed by atoms with Crippen LogP contribution in [0.4, 0.5) is 18.0 Å². The number of carbonyl (C=O) groups excluding carboxylic acids is 1. The number of hydrogen-bond donors (Lipinski definition) is 0. The SMILES string of the molecule is O=C(Cl)N1CCC(=Cc2cccc(Oc3ccc(C(F)(F)F)cn3)c2)CC1. The lowest BCUT2D eigenvalue weighted by atomic mass is 10.0. The Bertz CT molecular complexity index is 841. The van der Waals surface area contributed by atoms with Crippen molar-refractivity contribution >= 4 is 23.0 Å². The Balaban J connectivity index is 1.67. The molecule has 27 heavy (non-hydrogen) atoms. The van der Waals surface area contributed by atoms with Gasteiger partial charge in [0, 0.05) is 25.4 Å². The number of likely N-dealkylation sites (tertiary alicyclic amines) is 1. The van der Waals surface area contributed by atoms with Gasteiger partial charge in [-0.3, -0.25) is 4.79 Å². The van der Waals surface area contributed by atoms with Crippen LogP contribution in [0.25, 0.3) is 6.08 Å². The number of halogens is 4. The number of aromatic nitrogens is 1. The van der Waals surface area contributed by atoms with Gasteiger partial charge in [-0.05, 0) is 48.2 Å². The normalized spacial score (nSPS) is 14.8. The molecule has 1 aliphatic heterocycles. The third kappa shape index (κ3) is 5.23. The van der Waals surface area contributed by atoms with Gasteiger partial charge in [0.25, 0.3) is 0 Å². The van der Waals surface area contributed by atoms with Gasteiger partial charge in [0.1, 0.15) is 5.75 Å². The fraction of sp³-hybridized carbons (Fsp3) is 0.263. The first-order valence-electron chi connectivity index (χ1n) is 8.26. The van der Waals surface area contributed by atoms with Crippen LogP contribution in [0.5, 0.6) is 11.6 Å². The Labute approximate surface area is 159 Å². The molecule has 1 aromatic carbocycles. The van der Waals surface area contributed by atoms with E-state index < -0.39 is 17.1 Å². The highest BCUT2D eigenvalue weighted by Gasteiger charge is 2.30. The number of piperidine rings is 1. The second kappa shape index (κ2) is 8.00. The first-order valence-corrected chi connectivity index (χ1v) is 8.64. The fourth-order valence-corrected chi connectivity index (χ4v) is 2.92. The van der Waals surface area contributed by atoms with E-state index in [-0.39, 0.29) is 5.88 Å². The van der Waals surface area contributed by atoms with Gasteiger partial charge >= 0.3 is 11.5 Å². The van der Waals surface area contributed by atoms with Gasteiger partial charge in [0.2, 0.25) is 5.88 Å². The number of ether oxygens (including phenoxy) is 1. The number of amides is 1. The van der Waals surface area contributed by atoms with Crippen LogP contribution < -0.4 is 4.74 Å². The average molecular weight is 397 g/mol. The van der Waals surface area contributed by atoms with Crippen LogP contribution in [-0.2, 0) is 6.18 Å². The first-order chi connectivity index (χ1) is 12.8. The maximum Gasteiger partial charge on any atom is 0.417 e. The summed E-state index contributed by atoms with van der Waals surface area (Å²) in [5.41, 5.74) is 1.27. The second-order valence-electron chi connectivity index (χ2n) is 6.10. The van der Waals surface area contributed by atoms with Gasteiger partial charge in [-0.1, -0.05) is 23.8 Å². The highest BCUT2D eigenvalue weighted by Crippen LogP contribution is 2.30. The van der Waals surface area contributed by atoms with E-state index in [1.807, 2.05) is 12.1 Å². The molecule has 3 rings (SSSR count). The van der Waals surface area contributed by atoms with E-state index in [1.54, 1.807) is 23.1 Å². The molecule has 1 saturated heterocycles. The van der Waals surface area contributed by atoms with Gasteiger partial charge in [-0.25, -0.2) is 4.98 Å². The van der Waals surface area contributed by atoms with E-state index in [0.717, 1.165) is 30.7 Å². The molecule has 1 amide bonds. The van der Waals surface area contributed by atoms with Crippen molar-refractivity contribution in [3.05, 3.63) is 59.3 Å². The lowest BCUT2D eigenvalue weighted by Gasteiger charge is -2.26. The highest BCUT2D eigenvalue weighted by molar-refractivity contribution is 6.62. The van der Waals surface area contributed by atoms with E-state index in [2.05, 4.69) is 4.98 Å². The molecule has 0 radical (unpaired) electrons. The molecule has 0 saturated carbocycles. The van der Waals surface area contributed by atoms with Crippen LogP contribution in [0, 0.1) is 0 Å². The molecule has 0 N–H and O–H groups in total. The Morgan fingerprint density at radius 3 is 2.52 bits per heavy atom. The lowest BCUT2D eigenvalue weighted by Crippen LogP contribution is -2.32. The summed E-state index contributed by atoms with van der Waals surface area (Å²) in [5, 5.41) is -0.437. The highest BCUT2D eigenvalue weighted by atomic mass is 35.5. The van der Waals surface area contributed by atoms with Gasteiger partial charge in [0.05, 0.1) is 5.56 Å². The van der Waals surface area contributed by atoms with Crippen molar-refractivity contribution < 1.29 is 22.7 Å². The van der Waals surface area contributed by atoms with Crippen LogP contribution in [0.15, 0.2) is 48.2 Å². The van der Waals surface area contributed by atoms with Gasteiger partial charge in [-0.15, -0.1) is 0 Å².